The normalized spacial score (nSPS) is 10.1. The van der Waals surface area contributed by atoms with E-state index in [0.717, 1.165) is 6.92 Å². The first kappa shape index (κ1) is 13.1. The number of rotatable bonds is 4. The van der Waals surface area contributed by atoms with E-state index in [-0.39, 0.29) is 6.07 Å². The fourth-order valence-corrected chi connectivity index (χ4v) is 1.10. The maximum Gasteiger partial charge on any atom is 0.205 e. The van der Waals surface area contributed by atoms with Crippen molar-refractivity contribution in [2.24, 2.45) is 0 Å². The second-order valence-corrected chi connectivity index (χ2v) is 3.33. The SMILES string of the molecule is CC(=O)C(=O)CC(=O)c1cc(F)c(F)cc1F. The summed E-state index contributed by atoms with van der Waals surface area (Å²) < 4.78 is 38.4. The predicted octanol–water partition coefficient (Wildman–Crippen LogP) is 1.83. The summed E-state index contributed by atoms with van der Waals surface area (Å²) in [6, 6.07) is 0.571. The molecule has 0 radical (unpaired) electrons. The van der Waals surface area contributed by atoms with Gasteiger partial charge < -0.3 is 0 Å². The molecule has 0 atom stereocenters. The third-order valence-electron chi connectivity index (χ3n) is 2.02. The van der Waals surface area contributed by atoms with Gasteiger partial charge in [0.15, 0.2) is 23.2 Å². The van der Waals surface area contributed by atoms with Gasteiger partial charge in [-0.25, -0.2) is 13.2 Å². The fraction of sp³-hybridized carbons (Fsp3) is 0.182. The molecule has 0 unspecified atom stereocenters. The number of benzene rings is 1. The smallest absolute Gasteiger partial charge is 0.205 e. The fourth-order valence-electron chi connectivity index (χ4n) is 1.10. The lowest BCUT2D eigenvalue weighted by molar-refractivity contribution is -0.134. The molecular weight excluding hydrogens is 237 g/mol. The average Bonchev–Trinajstić information content (AvgIpc) is 2.22. The van der Waals surface area contributed by atoms with Crippen molar-refractivity contribution < 1.29 is 27.6 Å². The summed E-state index contributed by atoms with van der Waals surface area (Å²) in [7, 11) is 0. The van der Waals surface area contributed by atoms with Crippen LogP contribution < -0.4 is 0 Å². The largest absolute Gasteiger partial charge is 0.294 e. The Morgan fingerprint density at radius 2 is 1.53 bits per heavy atom. The van der Waals surface area contributed by atoms with Crippen molar-refractivity contribution in [3.8, 4) is 0 Å². The molecule has 1 aromatic rings. The van der Waals surface area contributed by atoms with Crippen molar-refractivity contribution in [1.82, 2.24) is 0 Å². The summed E-state index contributed by atoms with van der Waals surface area (Å²) in [6.07, 6.45) is -0.864. The second-order valence-electron chi connectivity index (χ2n) is 3.33. The van der Waals surface area contributed by atoms with Gasteiger partial charge in [0.2, 0.25) is 5.78 Å². The summed E-state index contributed by atoms with van der Waals surface area (Å²) in [5, 5.41) is 0. The van der Waals surface area contributed by atoms with Gasteiger partial charge >= 0.3 is 0 Å². The zero-order valence-electron chi connectivity index (χ0n) is 8.72. The van der Waals surface area contributed by atoms with Gasteiger partial charge in [0.1, 0.15) is 5.82 Å². The Hall–Kier alpha value is -1.98. The molecule has 1 rings (SSSR count). The number of hydrogen-bond donors (Lipinski definition) is 0. The highest BCUT2D eigenvalue weighted by molar-refractivity contribution is 6.40. The Morgan fingerprint density at radius 1 is 1.00 bits per heavy atom. The van der Waals surface area contributed by atoms with E-state index in [0.29, 0.717) is 6.07 Å². The molecule has 3 nitrogen and oxygen atoms in total. The van der Waals surface area contributed by atoms with Crippen LogP contribution in [0.5, 0.6) is 0 Å². The Labute approximate surface area is 94.2 Å². The number of halogens is 3. The highest BCUT2D eigenvalue weighted by Crippen LogP contribution is 2.15. The monoisotopic (exact) mass is 244 g/mol. The molecule has 0 heterocycles. The van der Waals surface area contributed by atoms with Crippen molar-refractivity contribution in [1.29, 1.82) is 0 Å². The maximum absolute atomic E-state index is 13.1. The van der Waals surface area contributed by atoms with E-state index in [1.165, 1.54) is 0 Å². The van der Waals surface area contributed by atoms with Crippen molar-refractivity contribution in [2.45, 2.75) is 13.3 Å². The standard InChI is InChI=1S/C11H7F3O3/c1-5(15)10(16)4-11(17)6-2-8(13)9(14)3-7(6)12/h2-3H,4H2,1H3. The molecule has 0 N–H and O–H groups in total. The van der Waals surface area contributed by atoms with E-state index < -0.39 is 46.8 Å². The van der Waals surface area contributed by atoms with Gasteiger partial charge in [-0.2, -0.15) is 0 Å². The van der Waals surface area contributed by atoms with Crippen LogP contribution in [0.3, 0.4) is 0 Å². The van der Waals surface area contributed by atoms with Crippen LogP contribution in [0.1, 0.15) is 23.7 Å². The molecule has 0 amide bonds. The van der Waals surface area contributed by atoms with Crippen LogP contribution >= 0.6 is 0 Å². The van der Waals surface area contributed by atoms with Crippen LogP contribution in [0.4, 0.5) is 13.2 Å². The Kier molecular flexibility index (Phi) is 3.77. The molecule has 0 fully saturated rings. The van der Waals surface area contributed by atoms with E-state index in [9.17, 15) is 27.6 Å². The lowest BCUT2D eigenvalue weighted by Gasteiger charge is -2.02. The number of Topliss-reactive ketones (excluding diaryl/α,β-unsaturated/α-hetero) is 3. The number of carbonyl (C=O) groups is 3. The Balaban J connectivity index is 3.01. The van der Waals surface area contributed by atoms with Crippen molar-refractivity contribution in [3.05, 3.63) is 35.1 Å². The van der Waals surface area contributed by atoms with Crippen molar-refractivity contribution in [3.63, 3.8) is 0 Å². The minimum Gasteiger partial charge on any atom is -0.294 e. The topological polar surface area (TPSA) is 51.2 Å². The molecule has 0 bridgehead atoms. The van der Waals surface area contributed by atoms with Crippen LogP contribution in [0.25, 0.3) is 0 Å². The van der Waals surface area contributed by atoms with Gasteiger partial charge in [-0.1, -0.05) is 0 Å². The van der Waals surface area contributed by atoms with E-state index in [1.54, 1.807) is 0 Å². The lowest BCUT2D eigenvalue weighted by atomic mass is 10.0. The minimum atomic E-state index is -1.43. The van der Waals surface area contributed by atoms with Gasteiger partial charge in [0.05, 0.1) is 12.0 Å². The van der Waals surface area contributed by atoms with Crippen LogP contribution in [0.2, 0.25) is 0 Å². The first-order valence-electron chi connectivity index (χ1n) is 4.54. The van der Waals surface area contributed by atoms with Crippen LogP contribution in [0, 0.1) is 17.5 Å². The summed E-state index contributed by atoms with van der Waals surface area (Å²) in [4.78, 5) is 32.9. The zero-order chi connectivity index (χ0) is 13.2. The molecule has 0 saturated heterocycles. The van der Waals surface area contributed by atoms with E-state index in [4.69, 9.17) is 0 Å². The predicted molar refractivity (Wildman–Crippen MR) is 51.0 cm³/mol. The third-order valence-corrected chi connectivity index (χ3v) is 2.02. The summed E-state index contributed by atoms with van der Waals surface area (Å²) in [6.45, 7) is 0.956. The highest BCUT2D eigenvalue weighted by atomic mass is 19.2. The summed E-state index contributed by atoms with van der Waals surface area (Å²) in [5.74, 6) is -7.05. The first-order chi connectivity index (χ1) is 7.82. The van der Waals surface area contributed by atoms with Gasteiger partial charge in [0.25, 0.3) is 0 Å². The molecule has 0 aliphatic carbocycles. The average molecular weight is 244 g/mol. The number of ketones is 3. The maximum atomic E-state index is 13.1. The van der Waals surface area contributed by atoms with E-state index >= 15 is 0 Å². The molecule has 17 heavy (non-hydrogen) atoms. The Morgan fingerprint density at radius 3 is 2.06 bits per heavy atom. The molecule has 0 saturated carbocycles. The molecule has 0 aliphatic heterocycles. The third kappa shape index (κ3) is 2.99. The van der Waals surface area contributed by atoms with Gasteiger partial charge in [-0.05, 0) is 6.07 Å². The Bertz CT molecular complexity index is 509. The molecule has 1 aromatic carbocycles. The van der Waals surface area contributed by atoms with E-state index in [2.05, 4.69) is 0 Å². The summed E-state index contributed by atoms with van der Waals surface area (Å²) in [5.41, 5.74) is -0.751. The van der Waals surface area contributed by atoms with Gasteiger partial charge in [-0.3, -0.25) is 14.4 Å². The summed E-state index contributed by atoms with van der Waals surface area (Å²) >= 11 is 0. The number of hydrogen-bond acceptors (Lipinski definition) is 3. The minimum absolute atomic E-state index is 0.209. The molecule has 90 valence electrons. The van der Waals surface area contributed by atoms with Crippen LogP contribution in [-0.4, -0.2) is 17.3 Å². The molecular formula is C11H7F3O3. The molecule has 0 aromatic heterocycles. The quantitative estimate of drug-likeness (QED) is 0.351. The van der Waals surface area contributed by atoms with Crippen molar-refractivity contribution >= 4 is 17.3 Å². The van der Waals surface area contributed by atoms with E-state index in [1.807, 2.05) is 0 Å². The number of carbonyl (C=O) groups excluding carboxylic acids is 3. The van der Waals surface area contributed by atoms with Crippen LogP contribution in [-0.2, 0) is 9.59 Å². The van der Waals surface area contributed by atoms with Gasteiger partial charge in [0, 0.05) is 13.0 Å². The lowest BCUT2D eigenvalue weighted by Crippen LogP contribution is -2.16. The highest BCUT2D eigenvalue weighted by Gasteiger charge is 2.20. The zero-order valence-corrected chi connectivity index (χ0v) is 8.72. The van der Waals surface area contributed by atoms with Crippen molar-refractivity contribution in [2.75, 3.05) is 0 Å². The van der Waals surface area contributed by atoms with Crippen LogP contribution in [0.15, 0.2) is 12.1 Å². The van der Waals surface area contributed by atoms with Gasteiger partial charge in [-0.15, -0.1) is 0 Å². The first-order valence-corrected chi connectivity index (χ1v) is 4.54. The molecule has 6 heteroatoms. The molecule has 0 spiro atoms. The second kappa shape index (κ2) is 4.90. The molecule has 0 aliphatic rings.